The van der Waals surface area contributed by atoms with Crippen LogP contribution in [0.1, 0.15) is 36.2 Å². The van der Waals surface area contributed by atoms with E-state index in [2.05, 4.69) is 64.6 Å². The third-order valence-corrected chi connectivity index (χ3v) is 5.45. The van der Waals surface area contributed by atoms with Crippen molar-refractivity contribution in [1.29, 1.82) is 0 Å². The van der Waals surface area contributed by atoms with Gasteiger partial charge < -0.3 is 15.0 Å². The zero-order chi connectivity index (χ0) is 19.9. The first kappa shape index (κ1) is 23.7. The molecule has 1 fully saturated rings. The summed E-state index contributed by atoms with van der Waals surface area (Å²) in [5, 5.41) is 8.16. The van der Waals surface area contributed by atoms with Crippen molar-refractivity contribution in [3.8, 4) is 5.69 Å². The first-order chi connectivity index (χ1) is 13.6. The Morgan fingerprint density at radius 3 is 2.66 bits per heavy atom. The number of halogens is 1. The molecule has 160 valence electrons. The van der Waals surface area contributed by atoms with Gasteiger partial charge in [-0.05, 0) is 56.7 Å². The molecule has 1 aliphatic rings. The molecule has 3 rings (SSSR count). The molecule has 0 aliphatic carbocycles. The highest BCUT2D eigenvalue weighted by atomic mass is 127. The molecule has 0 unspecified atom stereocenters. The Kier molecular flexibility index (Phi) is 9.42. The van der Waals surface area contributed by atoms with Crippen LogP contribution in [0, 0.1) is 19.8 Å². The number of aliphatic imine (C=N–C) groups is 1. The molecule has 1 aromatic carbocycles. The molecule has 1 aliphatic heterocycles. The second kappa shape index (κ2) is 11.5. The molecule has 1 saturated heterocycles. The van der Waals surface area contributed by atoms with Crippen LogP contribution >= 0.6 is 24.0 Å². The Balaban J connectivity index is 0.00000300. The number of rotatable bonds is 6. The Morgan fingerprint density at radius 2 is 2.00 bits per heavy atom. The van der Waals surface area contributed by atoms with Gasteiger partial charge >= 0.3 is 0 Å². The predicted molar refractivity (Wildman–Crippen MR) is 129 cm³/mol. The van der Waals surface area contributed by atoms with Gasteiger partial charge in [-0.1, -0.05) is 18.2 Å². The van der Waals surface area contributed by atoms with Crippen molar-refractivity contribution in [3.63, 3.8) is 0 Å². The summed E-state index contributed by atoms with van der Waals surface area (Å²) in [7, 11) is 3.96. The largest absolute Gasteiger partial charge is 0.381 e. The molecule has 0 atom stereocenters. The van der Waals surface area contributed by atoms with E-state index in [1.807, 2.05) is 18.7 Å². The summed E-state index contributed by atoms with van der Waals surface area (Å²) in [4.78, 5) is 6.70. The summed E-state index contributed by atoms with van der Waals surface area (Å²) in [6.07, 6.45) is 3.54. The molecule has 2 aromatic rings. The van der Waals surface area contributed by atoms with Crippen LogP contribution in [0.2, 0.25) is 0 Å². The maximum absolute atomic E-state index is 5.46. The summed E-state index contributed by atoms with van der Waals surface area (Å²) in [5.41, 5.74) is 4.49. The lowest BCUT2D eigenvalue weighted by atomic mass is 9.96. The van der Waals surface area contributed by atoms with Gasteiger partial charge in [-0.15, -0.1) is 24.0 Å². The first-order valence-electron chi connectivity index (χ1n) is 10.2. The molecule has 0 radical (unpaired) electrons. The fourth-order valence-corrected chi connectivity index (χ4v) is 3.82. The van der Waals surface area contributed by atoms with Gasteiger partial charge in [-0.25, -0.2) is 4.68 Å². The van der Waals surface area contributed by atoms with Gasteiger partial charge in [0.2, 0.25) is 0 Å². The van der Waals surface area contributed by atoms with Gasteiger partial charge in [0.05, 0.1) is 11.4 Å². The van der Waals surface area contributed by atoms with E-state index in [0.717, 1.165) is 48.7 Å². The van der Waals surface area contributed by atoms with Crippen molar-refractivity contribution in [1.82, 2.24) is 20.0 Å². The van der Waals surface area contributed by atoms with Gasteiger partial charge in [-0.2, -0.15) is 5.10 Å². The van der Waals surface area contributed by atoms with Crippen LogP contribution in [0.3, 0.4) is 0 Å². The quantitative estimate of drug-likeness (QED) is 0.363. The Bertz CT molecular complexity index is 798. The van der Waals surface area contributed by atoms with E-state index in [-0.39, 0.29) is 24.0 Å². The molecular weight excluding hydrogens is 477 g/mol. The van der Waals surface area contributed by atoms with E-state index >= 15 is 0 Å². The molecule has 1 aromatic heterocycles. The summed E-state index contributed by atoms with van der Waals surface area (Å²) in [6, 6.07) is 10.5. The molecule has 0 bridgehead atoms. The van der Waals surface area contributed by atoms with Crippen molar-refractivity contribution in [2.45, 2.75) is 39.7 Å². The van der Waals surface area contributed by atoms with E-state index in [0.29, 0.717) is 6.54 Å². The van der Waals surface area contributed by atoms with Gasteiger partial charge in [0, 0.05) is 46.1 Å². The van der Waals surface area contributed by atoms with Crippen molar-refractivity contribution in [3.05, 3.63) is 47.3 Å². The van der Waals surface area contributed by atoms with Gasteiger partial charge in [0.15, 0.2) is 5.96 Å². The van der Waals surface area contributed by atoms with Crippen LogP contribution in [0.15, 0.2) is 35.3 Å². The normalized spacial score (nSPS) is 15.1. The van der Waals surface area contributed by atoms with Crippen LogP contribution in [-0.4, -0.2) is 54.5 Å². The lowest BCUT2D eigenvalue weighted by Crippen LogP contribution is -2.39. The fourth-order valence-electron chi connectivity index (χ4n) is 3.82. The lowest BCUT2D eigenvalue weighted by Gasteiger charge is -2.27. The molecular formula is C22H34IN5O. The van der Waals surface area contributed by atoms with Crippen molar-refractivity contribution in [2.75, 3.05) is 33.9 Å². The molecule has 7 heteroatoms. The highest BCUT2D eigenvalue weighted by molar-refractivity contribution is 14.0. The van der Waals surface area contributed by atoms with E-state index in [1.54, 1.807) is 0 Å². The number of nitrogens with one attached hydrogen (secondary N) is 1. The highest BCUT2D eigenvalue weighted by Crippen LogP contribution is 2.19. The van der Waals surface area contributed by atoms with Crippen LogP contribution in [0.25, 0.3) is 5.69 Å². The Hall–Kier alpha value is -1.61. The monoisotopic (exact) mass is 511 g/mol. The predicted octanol–water partition coefficient (Wildman–Crippen LogP) is 3.93. The fraction of sp³-hybridized carbons (Fsp3) is 0.545. The summed E-state index contributed by atoms with van der Waals surface area (Å²) >= 11 is 0. The third kappa shape index (κ3) is 6.44. The molecule has 1 N–H and O–H groups in total. The minimum Gasteiger partial charge on any atom is -0.381 e. The summed E-state index contributed by atoms with van der Waals surface area (Å²) < 4.78 is 7.48. The summed E-state index contributed by atoms with van der Waals surface area (Å²) in [5.74, 6) is 1.69. The zero-order valence-corrected chi connectivity index (χ0v) is 20.3. The number of guanidine groups is 1. The smallest absolute Gasteiger partial charge is 0.193 e. The minimum atomic E-state index is 0. The molecule has 0 spiro atoms. The summed E-state index contributed by atoms with van der Waals surface area (Å²) in [6.45, 7) is 7.65. The van der Waals surface area contributed by atoms with Gasteiger partial charge in [0.25, 0.3) is 0 Å². The van der Waals surface area contributed by atoms with E-state index in [9.17, 15) is 0 Å². The van der Waals surface area contributed by atoms with Crippen LogP contribution in [0.4, 0.5) is 0 Å². The second-order valence-electron chi connectivity index (χ2n) is 7.63. The number of ether oxygens (including phenoxy) is 1. The Labute approximate surface area is 191 Å². The Morgan fingerprint density at radius 1 is 1.28 bits per heavy atom. The van der Waals surface area contributed by atoms with Crippen LogP contribution in [0.5, 0.6) is 0 Å². The van der Waals surface area contributed by atoms with Crippen molar-refractivity contribution in [2.24, 2.45) is 10.9 Å². The number of nitrogens with zero attached hydrogens (tertiary/aromatic N) is 4. The number of hydrogen-bond donors (Lipinski definition) is 1. The standard InChI is InChI=1S/C22H33N5O.HI/c1-17-15-18(2)27(25-17)21-8-6-5-7-20(21)16-24-22(23-3)26(4)12-9-19-10-13-28-14-11-19;/h5-8,15,19H,9-14,16H2,1-4H3,(H,23,24);1H. The molecule has 6 nitrogen and oxygen atoms in total. The van der Waals surface area contributed by atoms with Crippen molar-refractivity contribution >= 4 is 29.9 Å². The number of aryl methyl sites for hydroxylation is 2. The number of hydrogen-bond acceptors (Lipinski definition) is 3. The number of para-hydroxylation sites is 1. The van der Waals surface area contributed by atoms with Crippen LogP contribution in [-0.2, 0) is 11.3 Å². The minimum absolute atomic E-state index is 0. The average molecular weight is 511 g/mol. The maximum atomic E-state index is 5.46. The average Bonchev–Trinajstić information content (AvgIpc) is 3.05. The number of aromatic nitrogens is 2. The third-order valence-electron chi connectivity index (χ3n) is 5.45. The highest BCUT2D eigenvalue weighted by Gasteiger charge is 2.16. The molecule has 2 heterocycles. The zero-order valence-electron chi connectivity index (χ0n) is 18.0. The number of benzene rings is 1. The molecule has 0 saturated carbocycles. The van der Waals surface area contributed by atoms with Gasteiger partial charge in [-0.3, -0.25) is 4.99 Å². The van der Waals surface area contributed by atoms with E-state index < -0.39 is 0 Å². The first-order valence-corrected chi connectivity index (χ1v) is 10.2. The maximum Gasteiger partial charge on any atom is 0.193 e. The van der Waals surface area contributed by atoms with Crippen LogP contribution < -0.4 is 5.32 Å². The van der Waals surface area contributed by atoms with Crippen molar-refractivity contribution < 1.29 is 4.74 Å². The SMILES string of the molecule is CN=C(NCc1ccccc1-n1nc(C)cc1C)N(C)CCC1CCOCC1.I. The second-order valence-corrected chi connectivity index (χ2v) is 7.63. The topological polar surface area (TPSA) is 54.7 Å². The molecule has 29 heavy (non-hydrogen) atoms. The van der Waals surface area contributed by atoms with E-state index in [1.165, 1.54) is 24.8 Å². The lowest BCUT2D eigenvalue weighted by molar-refractivity contribution is 0.0625. The van der Waals surface area contributed by atoms with E-state index in [4.69, 9.17) is 4.74 Å². The molecule has 0 amide bonds. The van der Waals surface area contributed by atoms with Gasteiger partial charge in [0.1, 0.15) is 0 Å².